The molecule has 0 aliphatic carbocycles. The van der Waals surface area contributed by atoms with Gasteiger partial charge in [-0.3, -0.25) is 4.57 Å². The summed E-state index contributed by atoms with van der Waals surface area (Å²) in [6.07, 6.45) is 0. The zero-order valence-corrected chi connectivity index (χ0v) is 33.1. The van der Waals surface area contributed by atoms with Crippen LogP contribution in [0.3, 0.4) is 0 Å². The fourth-order valence-electron chi connectivity index (χ4n) is 9.15. The van der Waals surface area contributed by atoms with Crippen LogP contribution < -0.4 is 0 Å². The molecule has 13 aromatic rings. The van der Waals surface area contributed by atoms with Crippen LogP contribution >= 0.6 is 0 Å². The maximum absolute atomic E-state index is 5.29. The second kappa shape index (κ2) is 13.5. The van der Waals surface area contributed by atoms with Crippen LogP contribution in [0.1, 0.15) is 0 Å². The van der Waals surface area contributed by atoms with E-state index < -0.39 is 0 Å². The number of benzene rings is 8. The molecular weight excluding hydrogens is 761 g/mol. The third-order valence-electron chi connectivity index (χ3n) is 11.9. The van der Waals surface area contributed by atoms with E-state index in [-0.39, 0.29) is 0 Å². The lowest BCUT2D eigenvalue weighted by molar-refractivity contribution is 0.953. The molecule has 5 heterocycles. The summed E-state index contributed by atoms with van der Waals surface area (Å²) in [4.78, 5) is 30.8. The number of aromatic nitrogens is 8. The Hall–Kier alpha value is -8.62. The lowest BCUT2D eigenvalue weighted by atomic mass is 10.0. The van der Waals surface area contributed by atoms with E-state index >= 15 is 0 Å². The van der Waals surface area contributed by atoms with E-state index in [1.165, 1.54) is 38.1 Å². The molecule has 13 rings (SSSR count). The zero-order chi connectivity index (χ0) is 40.7. The van der Waals surface area contributed by atoms with E-state index in [0.29, 0.717) is 35.1 Å². The van der Waals surface area contributed by atoms with Gasteiger partial charge in [0.2, 0.25) is 5.95 Å². The number of para-hydroxylation sites is 3. The van der Waals surface area contributed by atoms with Gasteiger partial charge in [0, 0.05) is 60.1 Å². The predicted octanol–water partition coefficient (Wildman–Crippen LogP) is 12.6. The summed E-state index contributed by atoms with van der Waals surface area (Å²) in [7, 11) is 0. The second-order valence-electron chi connectivity index (χ2n) is 15.6. The zero-order valence-electron chi connectivity index (χ0n) is 33.1. The van der Waals surface area contributed by atoms with Gasteiger partial charge in [0.25, 0.3) is 0 Å². The van der Waals surface area contributed by atoms with Crippen molar-refractivity contribution in [2.24, 2.45) is 0 Å². The molecule has 0 N–H and O–H groups in total. The van der Waals surface area contributed by atoms with Gasteiger partial charge in [0.1, 0.15) is 0 Å². The molecule has 0 saturated heterocycles. The molecular formula is C54H32N8. The van der Waals surface area contributed by atoms with E-state index in [1.54, 1.807) is 0 Å². The topological polar surface area (TPSA) is 86.7 Å². The highest BCUT2D eigenvalue weighted by atomic mass is 15.2. The summed E-state index contributed by atoms with van der Waals surface area (Å²) < 4.78 is 4.52. The first-order valence-corrected chi connectivity index (χ1v) is 20.6. The Bertz CT molecular complexity index is 3720. The Balaban J connectivity index is 1.03. The maximum Gasteiger partial charge on any atom is 0.238 e. The van der Waals surface area contributed by atoms with Gasteiger partial charge in [0.05, 0.1) is 27.6 Å². The van der Waals surface area contributed by atoms with Gasteiger partial charge in [-0.25, -0.2) is 19.9 Å². The smallest absolute Gasteiger partial charge is 0.238 e. The molecule has 0 radical (unpaired) electrons. The van der Waals surface area contributed by atoms with Crippen molar-refractivity contribution >= 4 is 59.9 Å². The molecule has 0 aliphatic heterocycles. The number of fused-ring (bicyclic) bond motifs is 9. The van der Waals surface area contributed by atoms with E-state index in [4.69, 9.17) is 29.9 Å². The van der Waals surface area contributed by atoms with Gasteiger partial charge in [-0.1, -0.05) is 146 Å². The summed E-state index contributed by atoms with van der Waals surface area (Å²) in [5, 5.41) is 6.84. The van der Waals surface area contributed by atoms with Crippen molar-refractivity contribution in [3.8, 4) is 62.9 Å². The molecule has 0 bridgehead atoms. The first-order valence-electron chi connectivity index (χ1n) is 20.6. The van der Waals surface area contributed by atoms with E-state index in [0.717, 1.165) is 49.6 Å². The minimum absolute atomic E-state index is 0.539. The highest BCUT2D eigenvalue weighted by Gasteiger charge is 2.22. The summed E-state index contributed by atoms with van der Waals surface area (Å²) in [6, 6.07) is 66.8. The van der Waals surface area contributed by atoms with E-state index in [1.807, 2.05) is 78.9 Å². The predicted molar refractivity (Wildman–Crippen MR) is 249 cm³/mol. The molecule has 8 heteroatoms. The van der Waals surface area contributed by atoms with Crippen molar-refractivity contribution in [1.29, 1.82) is 0 Å². The monoisotopic (exact) mass is 792 g/mol. The van der Waals surface area contributed by atoms with Crippen LogP contribution in [0, 0.1) is 0 Å². The standard InChI is InChI=1S/C54H32N8/c1-4-16-33(17-5-1)49-55-52(58-53(56-49)37-31-42-39-23-11-13-25-44(39)61-45-26-14-12-24-40(45)43(32-37)48(42)61)36-28-29-47-41(30-36)38-22-10-15-27-46(38)62(47)54-59-50(34-18-6-2-7-19-34)57-51(60-54)35-20-8-3-9-21-35/h1-32H. The number of rotatable bonds is 6. The van der Waals surface area contributed by atoms with Crippen LogP contribution in [0.25, 0.3) is 123 Å². The Morgan fingerprint density at radius 1 is 0.258 bits per heavy atom. The van der Waals surface area contributed by atoms with Crippen molar-refractivity contribution in [3.63, 3.8) is 0 Å². The van der Waals surface area contributed by atoms with Gasteiger partial charge in [-0.15, -0.1) is 0 Å². The van der Waals surface area contributed by atoms with Gasteiger partial charge < -0.3 is 4.40 Å². The highest BCUT2D eigenvalue weighted by Crippen LogP contribution is 2.42. The highest BCUT2D eigenvalue weighted by molar-refractivity contribution is 6.24. The van der Waals surface area contributed by atoms with Crippen molar-refractivity contribution < 1.29 is 0 Å². The molecule has 62 heavy (non-hydrogen) atoms. The fourth-order valence-corrected chi connectivity index (χ4v) is 9.15. The van der Waals surface area contributed by atoms with Crippen molar-refractivity contribution in [1.82, 2.24) is 38.9 Å². The molecule has 0 unspecified atom stereocenters. The maximum atomic E-state index is 5.29. The largest absolute Gasteiger partial charge is 0.308 e. The van der Waals surface area contributed by atoms with Crippen LogP contribution in [-0.2, 0) is 0 Å². The Morgan fingerprint density at radius 3 is 1.15 bits per heavy atom. The minimum atomic E-state index is 0.539. The summed E-state index contributed by atoms with van der Waals surface area (Å²) in [5.41, 5.74) is 10.1. The van der Waals surface area contributed by atoms with Crippen LogP contribution in [0.4, 0.5) is 0 Å². The van der Waals surface area contributed by atoms with Crippen LogP contribution in [0.5, 0.6) is 0 Å². The molecule has 5 aromatic heterocycles. The lowest BCUT2D eigenvalue weighted by Crippen LogP contribution is -2.06. The Kier molecular flexibility index (Phi) is 7.43. The molecule has 8 nitrogen and oxygen atoms in total. The van der Waals surface area contributed by atoms with E-state index in [2.05, 4.69) is 124 Å². The molecule has 0 atom stereocenters. The Labute approximate surface area is 354 Å². The summed E-state index contributed by atoms with van der Waals surface area (Å²) in [5.74, 6) is 3.56. The van der Waals surface area contributed by atoms with Gasteiger partial charge >= 0.3 is 0 Å². The van der Waals surface area contributed by atoms with Crippen molar-refractivity contribution in [3.05, 3.63) is 194 Å². The number of hydrogen-bond donors (Lipinski definition) is 0. The Morgan fingerprint density at radius 2 is 0.629 bits per heavy atom. The quantitative estimate of drug-likeness (QED) is 0.167. The molecule has 0 amide bonds. The lowest BCUT2D eigenvalue weighted by Gasteiger charge is -2.11. The minimum Gasteiger partial charge on any atom is -0.308 e. The van der Waals surface area contributed by atoms with Crippen LogP contribution in [-0.4, -0.2) is 38.9 Å². The molecule has 0 aliphatic rings. The second-order valence-corrected chi connectivity index (χ2v) is 15.6. The van der Waals surface area contributed by atoms with E-state index in [9.17, 15) is 0 Å². The van der Waals surface area contributed by atoms with Crippen LogP contribution in [0.2, 0.25) is 0 Å². The average Bonchev–Trinajstić information content (AvgIpc) is 3.99. The van der Waals surface area contributed by atoms with Crippen molar-refractivity contribution in [2.75, 3.05) is 0 Å². The van der Waals surface area contributed by atoms with Gasteiger partial charge in [-0.05, 0) is 48.5 Å². The van der Waals surface area contributed by atoms with Gasteiger partial charge in [-0.2, -0.15) is 9.97 Å². The third kappa shape index (κ3) is 5.27. The summed E-state index contributed by atoms with van der Waals surface area (Å²) in [6.45, 7) is 0. The normalized spacial score (nSPS) is 11.9. The number of hydrogen-bond acceptors (Lipinski definition) is 6. The third-order valence-corrected chi connectivity index (χ3v) is 11.9. The molecule has 0 saturated carbocycles. The average molecular weight is 793 g/mol. The molecule has 288 valence electrons. The molecule has 0 spiro atoms. The summed E-state index contributed by atoms with van der Waals surface area (Å²) >= 11 is 0. The fraction of sp³-hybridized carbons (Fsp3) is 0. The molecule has 8 aromatic carbocycles. The SMILES string of the molecule is c1ccc(-c2nc(-c3ccc4c(c3)c3ccccc3n4-c3nc(-c4ccccc4)nc(-c4ccccc4)n3)nc(-c3cc4c5ccccc5n5c6ccccc6c(c3)c45)n2)cc1. The van der Waals surface area contributed by atoms with Crippen molar-refractivity contribution in [2.45, 2.75) is 0 Å². The first-order chi connectivity index (χ1) is 30.7. The number of nitrogens with zero attached hydrogens (tertiary/aromatic N) is 8. The molecule has 0 fully saturated rings. The van der Waals surface area contributed by atoms with Gasteiger partial charge in [0.15, 0.2) is 29.1 Å². The first kappa shape index (κ1) is 34.3. The van der Waals surface area contributed by atoms with Crippen LogP contribution in [0.15, 0.2) is 194 Å².